The molecule has 0 radical (unpaired) electrons. The normalized spacial score (nSPS) is 9.73. The van der Waals surface area contributed by atoms with Crippen LogP contribution >= 0.6 is 44.1 Å². The summed E-state index contributed by atoms with van der Waals surface area (Å²) < 4.78 is 1.76. The third-order valence-electron chi connectivity index (χ3n) is 1.75. The fourth-order valence-electron chi connectivity index (χ4n) is 1.03. The van der Waals surface area contributed by atoms with Crippen LogP contribution in [0.25, 0.3) is 0 Å². The first kappa shape index (κ1) is 12.7. The van der Waals surface area contributed by atoms with Crippen LogP contribution in [0.2, 0.25) is 0 Å². The number of hydrogen-bond acceptors (Lipinski definition) is 2. The molecule has 3 N–H and O–H groups in total. The van der Waals surface area contributed by atoms with E-state index in [1.807, 2.05) is 12.1 Å². The number of hydrogen-bond donors (Lipinski definition) is 2. The zero-order valence-corrected chi connectivity index (χ0v) is 11.9. The molecular formula is C10H10Br2N2S. The lowest BCUT2D eigenvalue weighted by Gasteiger charge is -2.10. The molecule has 0 aliphatic rings. The molecule has 5 heteroatoms. The molecule has 0 aliphatic heterocycles. The standard InChI is InChI=1S/C10H10Br2N2S/c1-2-3-14-10(15)7-4-6(11)5-8(12)9(7)13/h2,4-5H,1,3,13H2,(H,14,15). The van der Waals surface area contributed by atoms with E-state index in [0.29, 0.717) is 17.2 Å². The van der Waals surface area contributed by atoms with E-state index in [9.17, 15) is 0 Å². The molecule has 0 aromatic heterocycles. The van der Waals surface area contributed by atoms with E-state index in [0.717, 1.165) is 14.5 Å². The molecule has 0 saturated carbocycles. The summed E-state index contributed by atoms with van der Waals surface area (Å²) in [7, 11) is 0. The van der Waals surface area contributed by atoms with Gasteiger partial charge in [0.15, 0.2) is 0 Å². The van der Waals surface area contributed by atoms with Crippen LogP contribution in [0.4, 0.5) is 5.69 Å². The van der Waals surface area contributed by atoms with Crippen molar-refractivity contribution in [2.24, 2.45) is 0 Å². The molecule has 15 heavy (non-hydrogen) atoms. The van der Waals surface area contributed by atoms with Gasteiger partial charge < -0.3 is 11.1 Å². The average Bonchev–Trinajstić information content (AvgIpc) is 2.19. The molecule has 1 rings (SSSR count). The molecule has 0 aliphatic carbocycles. The molecule has 0 heterocycles. The zero-order chi connectivity index (χ0) is 11.4. The Bertz CT molecular complexity index is 405. The van der Waals surface area contributed by atoms with Crippen molar-refractivity contribution in [1.82, 2.24) is 5.32 Å². The molecule has 1 aromatic carbocycles. The highest BCUT2D eigenvalue weighted by molar-refractivity contribution is 9.11. The van der Waals surface area contributed by atoms with E-state index in [1.165, 1.54) is 0 Å². The summed E-state index contributed by atoms with van der Waals surface area (Å²) in [6.45, 7) is 4.24. The lowest BCUT2D eigenvalue weighted by Crippen LogP contribution is -2.23. The second-order valence-corrected chi connectivity index (χ2v) is 5.03. The molecule has 0 amide bonds. The van der Waals surface area contributed by atoms with Crippen molar-refractivity contribution >= 4 is 54.8 Å². The van der Waals surface area contributed by atoms with Crippen molar-refractivity contribution in [1.29, 1.82) is 0 Å². The van der Waals surface area contributed by atoms with Gasteiger partial charge in [-0.15, -0.1) is 6.58 Å². The molecular weight excluding hydrogens is 340 g/mol. The predicted molar refractivity (Wildman–Crippen MR) is 76.2 cm³/mol. The van der Waals surface area contributed by atoms with Crippen LogP contribution in [0.15, 0.2) is 33.7 Å². The quantitative estimate of drug-likeness (QED) is 0.499. The molecule has 0 bridgehead atoms. The molecule has 1 aromatic rings. The van der Waals surface area contributed by atoms with Crippen molar-refractivity contribution in [2.75, 3.05) is 12.3 Å². The second kappa shape index (κ2) is 5.63. The Labute approximate surface area is 111 Å². The Kier molecular flexibility index (Phi) is 4.76. The summed E-state index contributed by atoms with van der Waals surface area (Å²) in [5, 5.41) is 3.04. The summed E-state index contributed by atoms with van der Waals surface area (Å²) in [6.07, 6.45) is 1.75. The minimum absolute atomic E-state index is 0.620. The minimum atomic E-state index is 0.620. The summed E-state index contributed by atoms with van der Waals surface area (Å²) in [5.74, 6) is 0. The van der Waals surface area contributed by atoms with Gasteiger partial charge in [-0.05, 0) is 28.1 Å². The van der Waals surface area contributed by atoms with E-state index in [-0.39, 0.29) is 0 Å². The first-order valence-electron chi connectivity index (χ1n) is 4.20. The van der Waals surface area contributed by atoms with Gasteiger partial charge in [0.05, 0.1) is 5.69 Å². The number of rotatable bonds is 3. The van der Waals surface area contributed by atoms with E-state index in [1.54, 1.807) is 6.08 Å². The average molecular weight is 350 g/mol. The van der Waals surface area contributed by atoms with Crippen molar-refractivity contribution in [2.45, 2.75) is 0 Å². The van der Waals surface area contributed by atoms with E-state index >= 15 is 0 Å². The van der Waals surface area contributed by atoms with Gasteiger partial charge in [0, 0.05) is 21.1 Å². The van der Waals surface area contributed by atoms with E-state index in [4.69, 9.17) is 18.0 Å². The van der Waals surface area contributed by atoms with Gasteiger partial charge in [-0.2, -0.15) is 0 Å². The number of benzene rings is 1. The molecule has 80 valence electrons. The van der Waals surface area contributed by atoms with E-state index in [2.05, 4.69) is 43.8 Å². The van der Waals surface area contributed by atoms with Gasteiger partial charge >= 0.3 is 0 Å². The number of anilines is 1. The SMILES string of the molecule is C=CCNC(=S)c1cc(Br)cc(Br)c1N. The van der Waals surface area contributed by atoms with Crippen LogP contribution < -0.4 is 11.1 Å². The number of thiocarbonyl (C=S) groups is 1. The van der Waals surface area contributed by atoms with Crippen molar-refractivity contribution in [3.05, 3.63) is 39.3 Å². The molecule has 0 spiro atoms. The number of halogens is 2. The first-order chi connectivity index (χ1) is 7.06. The number of nitrogens with one attached hydrogen (secondary N) is 1. The van der Waals surface area contributed by atoms with Crippen LogP contribution in [0.3, 0.4) is 0 Å². The molecule has 0 unspecified atom stereocenters. The third-order valence-corrected chi connectivity index (χ3v) is 3.22. The molecule has 0 saturated heterocycles. The summed E-state index contributed by atoms with van der Waals surface area (Å²) in [5.41, 5.74) is 7.35. The third kappa shape index (κ3) is 3.29. The summed E-state index contributed by atoms with van der Waals surface area (Å²) >= 11 is 12.0. The van der Waals surface area contributed by atoms with Crippen LogP contribution in [0.1, 0.15) is 5.56 Å². The molecule has 0 fully saturated rings. The molecule has 0 atom stereocenters. The van der Waals surface area contributed by atoms with Gasteiger partial charge in [0.2, 0.25) is 0 Å². The first-order valence-corrected chi connectivity index (χ1v) is 6.19. The topological polar surface area (TPSA) is 38.0 Å². The van der Waals surface area contributed by atoms with Crippen LogP contribution in [0, 0.1) is 0 Å². The predicted octanol–water partition coefficient (Wildman–Crippen LogP) is 3.24. The van der Waals surface area contributed by atoms with E-state index < -0.39 is 0 Å². The molecule has 2 nitrogen and oxygen atoms in total. The highest BCUT2D eigenvalue weighted by atomic mass is 79.9. The summed E-state index contributed by atoms with van der Waals surface area (Å²) in [4.78, 5) is 0.620. The van der Waals surface area contributed by atoms with Crippen LogP contribution in [0.5, 0.6) is 0 Å². The highest BCUT2D eigenvalue weighted by Gasteiger charge is 2.09. The maximum Gasteiger partial charge on any atom is 0.109 e. The maximum absolute atomic E-state index is 5.90. The van der Waals surface area contributed by atoms with Gasteiger partial charge in [-0.1, -0.05) is 34.2 Å². The Morgan fingerprint density at radius 3 is 2.80 bits per heavy atom. The Morgan fingerprint density at radius 2 is 2.20 bits per heavy atom. The lowest BCUT2D eigenvalue weighted by atomic mass is 10.2. The fourth-order valence-corrected chi connectivity index (χ4v) is 2.51. The van der Waals surface area contributed by atoms with Gasteiger partial charge in [-0.25, -0.2) is 0 Å². The monoisotopic (exact) mass is 348 g/mol. The summed E-state index contributed by atoms with van der Waals surface area (Å²) in [6, 6.07) is 3.77. The largest absolute Gasteiger partial charge is 0.397 e. The maximum atomic E-state index is 5.90. The fraction of sp³-hybridized carbons (Fsp3) is 0.100. The Balaban J connectivity index is 3.02. The van der Waals surface area contributed by atoms with Gasteiger partial charge in [-0.3, -0.25) is 0 Å². The van der Waals surface area contributed by atoms with Crippen molar-refractivity contribution < 1.29 is 0 Å². The van der Waals surface area contributed by atoms with Crippen molar-refractivity contribution in [3.8, 4) is 0 Å². The lowest BCUT2D eigenvalue weighted by molar-refractivity contribution is 1.07. The number of nitrogens with two attached hydrogens (primary N) is 1. The Morgan fingerprint density at radius 1 is 1.53 bits per heavy atom. The van der Waals surface area contributed by atoms with Gasteiger partial charge in [0.25, 0.3) is 0 Å². The second-order valence-electron chi connectivity index (χ2n) is 2.85. The number of nitrogen functional groups attached to an aromatic ring is 1. The van der Waals surface area contributed by atoms with Gasteiger partial charge in [0.1, 0.15) is 4.99 Å². The Hall–Kier alpha value is -0.390. The smallest absolute Gasteiger partial charge is 0.109 e. The minimum Gasteiger partial charge on any atom is -0.397 e. The van der Waals surface area contributed by atoms with Crippen LogP contribution in [-0.4, -0.2) is 11.5 Å². The van der Waals surface area contributed by atoms with Crippen LogP contribution in [-0.2, 0) is 0 Å². The van der Waals surface area contributed by atoms with Crippen molar-refractivity contribution in [3.63, 3.8) is 0 Å². The zero-order valence-electron chi connectivity index (χ0n) is 7.89. The highest BCUT2D eigenvalue weighted by Crippen LogP contribution is 2.28.